The molecule has 0 spiro atoms. The number of carbonyl (C=O) groups excluding carboxylic acids is 1. The number of carbonyl (C=O) groups is 1. The highest BCUT2D eigenvalue weighted by Gasteiger charge is 2.13. The quantitative estimate of drug-likeness (QED) is 0.735. The first-order valence-electron chi connectivity index (χ1n) is 5.85. The van der Waals surface area contributed by atoms with Gasteiger partial charge in [-0.15, -0.1) is 0 Å². The van der Waals surface area contributed by atoms with Crippen LogP contribution in [-0.4, -0.2) is 6.03 Å². The van der Waals surface area contributed by atoms with Crippen molar-refractivity contribution in [3.8, 4) is 0 Å². The Morgan fingerprint density at radius 3 is 2.50 bits per heavy atom. The summed E-state index contributed by atoms with van der Waals surface area (Å²) in [6, 6.07) is 7.80. The number of hydrogen-bond donors (Lipinski definition) is 3. The first-order chi connectivity index (χ1) is 9.47. The lowest BCUT2D eigenvalue weighted by Crippen LogP contribution is -2.21. The van der Waals surface area contributed by atoms with Gasteiger partial charge in [0.05, 0.1) is 5.69 Å². The monoisotopic (exact) mass is 277 g/mol. The second-order valence-corrected chi connectivity index (χ2v) is 4.23. The molecule has 0 saturated heterocycles. The molecule has 2 aromatic rings. The topological polar surface area (TPSA) is 67.2 Å². The summed E-state index contributed by atoms with van der Waals surface area (Å²) in [5, 5.41) is 4.77. The lowest BCUT2D eigenvalue weighted by molar-refractivity contribution is 0.262. The number of amides is 2. The molecular weight excluding hydrogens is 264 g/mol. The van der Waals surface area contributed by atoms with Crippen molar-refractivity contribution in [3.05, 3.63) is 53.6 Å². The summed E-state index contributed by atoms with van der Waals surface area (Å²) < 4.78 is 26.9. The molecular formula is C14H13F2N3O. The fourth-order valence-corrected chi connectivity index (χ4v) is 1.70. The number of rotatable bonds is 2. The molecule has 0 aromatic heterocycles. The molecule has 4 N–H and O–H groups in total. The Kier molecular flexibility index (Phi) is 3.84. The van der Waals surface area contributed by atoms with Gasteiger partial charge in [-0.1, -0.05) is 6.07 Å². The van der Waals surface area contributed by atoms with Crippen molar-refractivity contribution in [1.82, 2.24) is 0 Å². The zero-order chi connectivity index (χ0) is 14.7. The van der Waals surface area contributed by atoms with Crippen molar-refractivity contribution >= 4 is 23.1 Å². The van der Waals surface area contributed by atoms with E-state index >= 15 is 0 Å². The summed E-state index contributed by atoms with van der Waals surface area (Å²) in [6.45, 7) is 1.38. The van der Waals surface area contributed by atoms with Crippen LogP contribution in [-0.2, 0) is 0 Å². The number of urea groups is 1. The number of benzene rings is 2. The van der Waals surface area contributed by atoms with Gasteiger partial charge in [-0.05, 0) is 37.3 Å². The maximum absolute atomic E-state index is 13.6. The van der Waals surface area contributed by atoms with Crippen LogP contribution in [0.1, 0.15) is 5.56 Å². The molecule has 0 atom stereocenters. The molecule has 20 heavy (non-hydrogen) atoms. The van der Waals surface area contributed by atoms with E-state index in [1.165, 1.54) is 6.92 Å². The van der Waals surface area contributed by atoms with Crippen molar-refractivity contribution in [2.75, 3.05) is 16.4 Å². The molecule has 0 bridgehead atoms. The van der Waals surface area contributed by atoms with Crippen molar-refractivity contribution < 1.29 is 13.6 Å². The summed E-state index contributed by atoms with van der Waals surface area (Å²) >= 11 is 0. The van der Waals surface area contributed by atoms with E-state index in [0.29, 0.717) is 11.4 Å². The third-order valence-corrected chi connectivity index (χ3v) is 2.73. The van der Waals surface area contributed by atoms with Crippen LogP contribution in [0.4, 0.5) is 30.6 Å². The van der Waals surface area contributed by atoms with E-state index in [2.05, 4.69) is 10.6 Å². The number of hydrogen-bond acceptors (Lipinski definition) is 2. The highest BCUT2D eigenvalue weighted by molar-refractivity contribution is 6.00. The van der Waals surface area contributed by atoms with Gasteiger partial charge in [-0.2, -0.15) is 0 Å². The lowest BCUT2D eigenvalue weighted by atomic mass is 10.2. The van der Waals surface area contributed by atoms with Crippen LogP contribution in [0.5, 0.6) is 0 Å². The molecule has 0 heterocycles. The Hall–Kier alpha value is -2.63. The smallest absolute Gasteiger partial charge is 0.323 e. The van der Waals surface area contributed by atoms with Crippen LogP contribution in [0.15, 0.2) is 36.4 Å². The number of nitrogens with two attached hydrogens (primary N) is 1. The van der Waals surface area contributed by atoms with Crippen molar-refractivity contribution in [1.29, 1.82) is 0 Å². The molecule has 0 radical (unpaired) electrons. The molecule has 0 aliphatic heterocycles. The molecule has 0 unspecified atom stereocenters. The second-order valence-electron chi connectivity index (χ2n) is 4.23. The maximum Gasteiger partial charge on any atom is 0.323 e. The Bertz CT molecular complexity index is 659. The van der Waals surface area contributed by atoms with Gasteiger partial charge in [0, 0.05) is 16.9 Å². The molecule has 2 amide bonds. The van der Waals surface area contributed by atoms with E-state index in [1.807, 2.05) is 0 Å². The second kappa shape index (κ2) is 5.56. The lowest BCUT2D eigenvalue weighted by Gasteiger charge is -2.11. The number of halogens is 2. The Morgan fingerprint density at radius 1 is 1.10 bits per heavy atom. The third-order valence-electron chi connectivity index (χ3n) is 2.73. The molecule has 0 fully saturated rings. The minimum Gasteiger partial charge on any atom is -0.399 e. The van der Waals surface area contributed by atoms with Crippen molar-refractivity contribution in [3.63, 3.8) is 0 Å². The first-order valence-corrected chi connectivity index (χ1v) is 5.85. The summed E-state index contributed by atoms with van der Waals surface area (Å²) in [6.07, 6.45) is 0. The van der Waals surface area contributed by atoms with E-state index in [4.69, 9.17) is 5.73 Å². The fraction of sp³-hybridized carbons (Fsp3) is 0.0714. The van der Waals surface area contributed by atoms with Gasteiger partial charge in [-0.25, -0.2) is 13.6 Å². The van der Waals surface area contributed by atoms with E-state index in [-0.39, 0.29) is 11.3 Å². The Morgan fingerprint density at radius 2 is 1.80 bits per heavy atom. The van der Waals surface area contributed by atoms with Gasteiger partial charge in [0.2, 0.25) is 0 Å². The minimum atomic E-state index is -0.702. The zero-order valence-electron chi connectivity index (χ0n) is 10.7. The van der Waals surface area contributed by atoms with Crippen LogP contribution < -0.4 is 16.4 Å². The van der Waals surface area contributed by atoms with Gasteiger partial charge < -0.3 is 16.4 Å². The molecule has 104 valence electrons. The van der Waals surface area contributed by atoms with Crippen LogP contribution >= 0.6 is 0 Å². The summed E-state index contributed by atoms with van der Waals surface area (Å²) in [5.74, 6) is -1.29. The molecule has 0 saturated carbocycles. The normalized spacial score (nSPS) is 10.2. The Balaban J connectivity index is 2.15. The van der Waals surface area contributed by atoms with E-state index < -0.39 is 17.7 Å². The van der Waals surface area contributed by atoms with Crippen LogP contribution in [0.3, 0.4) is 0 Å². The first kappa shape index (κ1) is 13.8. The van der Waals surface area contributed by atoms with Gasteiger partial charge in [-0.3, -0.25) is 0 Å². The molecule has 0 aliphatic rings. The molecule has 2 rings (SSSR count). The molecule has 0 aliphatic carbocycles. The summed E-state index contributed by atoms with van der Waals surface area (Å²) in [4.78, 5) is 11.8. The average Bonchev–Trinajstić information content (AvgIpc) is 2.39. The van der Waals surface area contributed by atoms with Crippen LogP contribution in [0.25, 0.3) is 0 Å². The SMILES string of the molecule is Cc1c(F)ccc(F)c1NC(=O)Nc1cccc(N)c1. The standard InChI is InChI=1S/C14H13F2N3O/c1-8-11(15)5-6-12(16)13(8)19-14(20)18-10-4-2-3-9(17)7-10/h2-7H,17H2,1H3,(H2,18,19,20). The van der Waals surface area contributed by atoms with Gasteiger partial charge >= 0.3 is 6.03 Å². The minimum absolute atomic E-state index is 0.0349. The molecule has 6 heteroatoms. The highest BCUT2D eigenvalue weighted by atomic mass is 19.1. The fourth-order valence-electron chi connectivity index (χ4n) is 1.70. The predicted molar refractivity (Wildman–Crippen MR) is 74.6 cm³/mol. The van der Waals surface area contributed by atoms with Crippen molar-refractivity contribution in [2.45, 2.75) is 6.92 Å². The molecule has 2 aromatic carbocycles. The van der Waals surface area contributed by atoms with E-state index in [1.54, 1.807) is 24.3 Å². The van der Waals surface area contributed by atoms with E-state index in [9.17, 15) is 13.6 Å². The molecule has 4 nitrogen and oxygen atoms in total. The number of nitrogen functional groups attached to an aromatic ring is 1. The third kappa shape index (κ3) is 3.03. The predicted octanol–water partition coefficient (Wildman–Crippen LogP) is 3.50. The number of anilines is 3. The van der Waals surface area contributed by atoms with Crippen LogP contribution in [0, 0.1) is 18.6 Å². The summed E-state index contributed by atoms with van der Waals surface area (Å²) in [5.41, 5.74) is 6.36. The van der Waals surface area contributed by atoms with Gasteiger partial charge in [0.15, 0.2) is 0 Å². The maximum atomic E-state index is 13.6. The van der Waals surface area contributed by atoms with Crippen molar-refractivity contribution in [2.24, 2.45) is 0 Å². The summed E-state index contributed by atoms with van der Waals surface area (Å²) in [7, 11) is 0. The number of nitrogens with one attached hydrogen (secondary N) is 2. The van der Waals surface area contributed by atoms with E-state index in [0.717, 1.165) is 12.1 Å². The van der Waals surface area contributed by atoms with Gasteiger partial charge in [0.25, 0.3) is 0 Å². The Labute approximate surface area is 114 Å². The highest BCUT2D eigenvalue weighted by Crippen LogP contribution is 2.22. The average molecular weight is 277 g/mol. The largest absolute Gasteiger partial charge is 0.399 e. The van der Waals surface area contributed by atoms with Gasteiger partial charge in [0.1, 0.15) is 11.6 Å². The zero-order valence-corrected chi connectivity index (χ0v) is 10.7. The van der Waals surface area contributed by atoms with Crippen LogP contribution in [0.2, 0.25) is 0 Å².